The van der Waals surface area contributed by atoms with Crippen molar-refractivity contribution in [3.63, 3.8) is 0 Å². The number of likely N-dealkylation sites (tertiary alicyclic amines) is 1. The van der Waals surface area contributed by atoms with E-state index in [-0.39, 0.29) is 60.6 Å². The van der Waals surface area contributed by atoms with Gasteiger partial charge in [0, 0.05) is 127 Å². The van der Waals surface area contributed by atoms with Gasteiger partial charge in [-0.3, -0.25) is 43.8 Å². The summed E-state index contributed by atoms with van der Waals surface area (Å²) in [4.78, 5) is 96.8. The van der Waals surface area contributed by atoms with Crippen molar-refractivity contribution in [1.82, 2.24) is 50.0 Å². The van der Waals surface area contributed by atoms with Crippen molar-refractivity contribution in [3.05, 3.63) is 53.7 Å². The second-order valence-electron chi connectivity index (χ2n) is 20.5. The fourth-order valence-corrected chi connectivity index (χ4v) is 11.6. The maximum Gasteiger partial charge on any atom is 0.343 e. The van der Waals surface area contributed by atoms with Gasteiger partial charge in [0.2, 0.25) is 29.6 Å². The summed E-state index contributed by atoms with van der Waals surface area (Å²) in [6.45, 7) is 10.8. The van der Waals surface area contributed by atoms with Crippen LogP contribution in [-0.2, 0) is 31.0 Å². The van der Waals surface area contributed by atoms with E-state index in [9.17, 15) is 28.8 Å². The number of imide groups is 1. The molecule has 2 aliphatic carbocycles. The molecule has 72 heavy (non-hydrogen) atoms. The third-order valence-corrected chi connectivity index (χ3v) is 15.8. The Hall–Kier alpha value is -6.22. The lowest BCUT2D eigenvalue weighted by Crippen LogP contribution is -2.54. The van der Waals surface area contributed by atoms with Gasteiger partial charge in [-0.1, -0.05) is 0 Å². The number of aryl methyl sites for hydroxylation is 1. The topological polar surface area (TPSA) is 220 Å². The fourth-order valence-electron chi connectivity index (χ4n) is 11.6. The molecule has 9 rings (SSSR count). The molecule has 4 aliphatic heterocycles. The van der Waals surface area contributed by atoms with E-state index in [1.165, 1.54) is 18.3 Å². The summed E-state index contributed by atoms with van der Waals surface area (Å²) in [5.41, 5.74) is 1.61. The van der Waals surface area contributed by atoms with Gasteiger partial charge in [0.15, 0.2) is 0 Å². The molecule has 2 saturated carbocycles. The lowest BCUT2D eigenvalue weighted by atomic mass is 9.80. The molecule has 4 N–H and O–H groups in total. The molecule has 2 aromatic heterocycles. The summed E-state index contributed by atoms with van der Waals surface area (Å²) in [7, 11) is 1.83. The van der Waals surface area contributed by atoms with Gasteiger partial charge in [0.05, 0.1) is 24.1 Å². The Labute approximate surface area is 420 Å². The summed E-state index contributed by atoms with van der Waals surface area (Å²) in [6, 6.07) is 4.26. The average molecular weight is 996 g/mol. The van der Waals surface area contributed by atoms with E-state index in [0.29, 0.717) is 35.0 Å². The van der Waals surface area contributed by atoms with Gasteiger partial charge in [-0.25, -0.2) is 14.2 Å². The second kappa shape index (κ2) is 23.1. The van der Waals surface area contributed by atoms with E-state index in [2.05, 4.69) is 60.8 Å². The van der Waals surface area contributed by atoms with Gasteiger partial charge >= 0.3 is 5.97 Å². The van der Waals surface area contributed by atoms with E-state index >= 15 is 4.39 Å². The zero-order valence-electron chi connectivity index (χ0n) is 41.7. The van der Waals surface area contributed by atoms with Crippen molar-refractivity contribution >= 4 is 58.6 Å². The van der Waals surface area contributed by atoms with Crippen LogP contribution in [0.3, 0.4) is 0 Å². The molecular weight excluding hydrogens is 926 g/mol. The lowest BCUT2D eigenvalue weighted by molar-refractivity contribution is -0.143. The molecule has 4 saturated heterocycles. The van der Waals surface area contributed by atoms with E-state index in [1.54, 1.807) is 23.9 Å². The zero-order chi connectivity index (χ0) is 50.3. The first-order valence-electron chi connectivity index (χ1n) is 26.2. The van der Waals surface area contributed by atoms with Crippen LogP contribution in [0.4, 0.5) is 27.5 Å². The monoisotopic (exact) mass is 996 g/mol. The number of benzene rings is 1. The molecule has 20 nitrogen and oxygen atoms in total. The van der Waals surface area contributed by atoms with Gasteiger partial charge in [0.25, 0.3) is 5.91 Å². The maximum absolute atomic E-state index is 15.1. The van der Waals surface area contributed by atoms with Crippen molar-refractivity contribution in [2.24, 2.45) is 24.8 Å². The van der Waals surface area contributed by atoms with Crippen LogP contribution in [0.15, 0.2) is 36.8 Å². The quantitative estimate of drug-likeness (QED) is 0.134. The number of halogens is 1. The minimum absolute atomic E-state index is 0.0181. The van der Waals surface area contributed by atoms with Crippen LogP contribution in [0.1, 0.15) is 105 Å². The number of piperazine rings is 2. The van der Waals surface area contributed by atoms with E-state index in [4.69, 9.17) is 4.74 Å². The zero-order valence-corrected chi connectivity index (χ0v) is 41.7. The Kier molecular flexibility index (Phi) is 16.3. The smallest absolute Gasteiger partial charge is 0.343 e. The van der Waals surface area contributed by atoms with Crippen molar-refractivity contribution in [2.75, 3.05) is 94.1 Å². The Balaban J connectivity index is 0.649. The third-order valence-electron chi connectivity index (χ3n) is 15.8. The minimum Gasteiger partial charge on any atom is -0.462 e. The van der Waals surface area contributed by atoms with Crippen molar-refractivity contribution in [1.29, 1.82) is 0 Å². The van der Waals surface area contributed by atoms with Gasteiger partial charge in [-0.15, -0.1) is 0 Å². The minimum atomic E-state index is -0.873. The molecule has 6 heterocycles. The number of hydrogen-bond acceptors (Lipinski definition) is 15. The van der Waals surface area contributed by atoms with Crippen LogP contribution in [0.2, 0.25) is 0 Å². The summed E-state index contributed by atoms with van der Waals surface area (Å²) in [5, 5.41) is 15.6. The average Bonchev–Trinajstić information content (AvgIpc) is 3.81. The van der Waals surface area contributed by atoms with E-state index in [0.717, 1.165) is 142 Å². The predicted molar refractivity (Wildman–Crippen MR) is 266 cm³/mol. The molecule has 1 atom stereocenters. The number of ether oxygens (including phenoxy) is 1. The molecule has 21 heteroatoms. The van der Waals surface area contributed by atoms with Crippen LogP contribution >= 0.6 is 0 Å². The highest BCUT2D eigenvalue weighted by molar-refractivity contribution is 6.04. The van der Waals surface area contributed by atoms with Crippen LogP contribution < -0.4 is 26.2 Å². The van der Waals surface area contributed by atoms with E-state index in [1.807, 2.05) is 13.2 Å². The molecule has 3 aromatic rings. The maximum atomic E-state index is 15.1. The molecule has 6 fully saturated rings. The van der Waals surface area contributed by atoms with Gasteiger partial charge in [0.1, 0.15) is 23.2 Å². The number of amides is 5. The van der Waals surface area contributed by atoms with Crippen LogP contribution in [0, 0.1) is 23.6 Å². The Morgan fingerprint density at radius 2 is 1.47 bits per heavy atom. The van der Waals surface area contributed by atoms with Gasteiger partial charge in [-0.05, 0) is 102 Å². The first-order valence-corrected chi connectivity index (χ1v) is 26.2. The number of carbonyl (C=O) groups excluding carboxylic acids is 6. The van der Waals surface area contributed by atoms with Crippen molar-refractivity contribution < 1.29 is 37.9 Å². The SMILES string of the molecule is CCOC(=O)c1cnc(Nc2cnn(C)c2)nc1NC1CCC(N2CCN(C(=O)C3CCC(C(=O)N4CCC(CN5CCN(c6ccc(C(=O)NC7CCC(=O)NC7=O)c(F)c6)CC5)CC4)CC3)CC2)CC1. The normalized spacial score (nSPS) is 24.9. The third kappa shape index (κ3) is 12.3. The van der Waals surface area contributed by atoms with Crippen LogP contribution in [0.25, 0.3) is 0 Å². The molecule has 1 aromatic carbocycles. The standard InChI is InChI=1S/C51H70FN13O7/c1-3-72-50(71)41-30-53-51(56-37-29-54-60(2)32-37)59-45(41)55-36-8-10-38(11-9-36)62-24-26-65(27-25-62)49(70)35-6-4-34(5-7-35)48(69)64-18-16-33(17-19-64)31-61-20-22-63(23-21-61)39-12-13-40(42(52)28-39)46(67)57-43-14-15-44(66)58-47(43)68/h12-13,28-30,32-36,38,43H,3-11,14-27,31H2,1-2H3,(H,57,67)(H,58,66,68)(H2,53,55,56,59). The lowest BCUT2D eigenvalue weighted by Gasteiger charge is -2.43. The Bertz CT molecular complexity index is 2430. The summed E-state index contributed by atoms with van der Waals surface area (Å²) in [6.07, 6.45) is 14.1. The number of rotatable bonds is 14. The number of nitrogens with one attached hydrogen (secondary N) is 4. The van der Waals surface area contributed by atoms with Crippen molar-refractivity contribution in [3.8, 4) is 0 Å². The van der Waals surface area contributed by atoms with Gasteiger partial charge in [-0.2, -0.15) is 10.1 Å². The largest absolute Gasteiger partial charge is 0.462 e. The molecule has 0 radical (unpaired) electrons. The highest BCUT2D eigenvalue weighted by Crippen LogP contribution is 2.34. The molecular formula is C51H70FN13O7. The van der Waals surface area contributed by atoms with Crippen molar-refractivity contribution in [2.45, 2.75) is 102 Å². The highest BCUT2D eigenvalue weighted by Gasteiger charge is 2.38. The number of aromatic nitrogens is 4. The number of anilines is 4. The Morgan fingerprint density at radius 1 is 0.792 bits per heavy atom. The molecule has 0 bridgehead atoms. The van der Waals surface area contributed by atoms with Crippen LogP contribution in [0.5, 0.6) is 0 Å². The molecule has 0 spiro atoms. The summed E-state index contributed by atoms with van der Waals surface area (Å²) >= 11 is 0. The molecule has 6 aliphatic rings. The number of hydrogen-bond donors (Lipinski definition) is 4. The second-order valence-corrected chi connectivity index (χ2v) is 20.5. The predicted octanol–water partition coefficient (Wildman–Crippen LogP) is 3.54. The van der Waals surface area contributed by atoms with Gasteiger partial charge < -0.3 is 35.4 Å². The number of nitrogens with zero attached hydrogens (tertiary/aromatic N) is 9. The number of carbonyl (C=O) groups is 6. The molecule has 5 amide bonds. The fraction of sp³-hybridized carbons (Fsp3) is 0.627. The first kappa shape index (κ1) is 50.7. The summed E-state index contributed by atoms with van der Waals surface area (Å²) < 4.78 is 22.1. The number of piperidine rings is 2. The summed E-state index contributed by atoms with van der Waals surface area (Å²) in [5.74, 6) is -1.00. The Morgan fingerprint density at radius 3 is 2.10 bits per heavy atom. The van der Waals surface area contributed by atoms with Crippen LogP contribution in [-0.4, -0.2) is 172 Å². The first-order chi connectivity index (χ1) is 34.9. The molecule has 1 unspecified atom stereocenters. The molecule has 388 valence electrons. The van der Waals surface area contributed by atoms with E-state index < -0.39 is 29.6 Å². The number of esters is 1. The highest BCUT2D eigenvalue weighted by atomic mass is 19.1.